The van der Waals surface area contributed by atoms with Crippen molar-refractivity contribution in [2.45, 2.75) is 65.6 Å². The summed E-state index contributed by atoms with van der Waals surface area (Å²) < 4.78 is 24.6. The van der Waals surface area contributed by atoms with Crippen LogP contribution < -0.4 is 20.7 Å². The number of piperazine rings is 1. The molecule has 3 aromatic heterocycles. The Morgan fingerprint density at radius 1 is 1.04 bits per heavy atom. The molecule has 1 aromatic carbocycles. The number of rotatable bonds is 7. The smallest absolute Gasteiger partial charge is 0.274 e. The van der Waals surface area contributed by atoms with Crippen LogP contribution in [0.25, 0.3) is 11.1 Å². The SMILES string of the molecule is CCc1c(-c2cc(Nc3ccc(N4CCN(C5COC5)C[C@@H]4C)cn3)c(=O)n(C)c2)cc(F)cc1N1CCn2c(cc3c2CC(C)(C)C3)C1=O. The normalized spacial score (nSPS) is 20.5. The van der Waals surface area contributed by atoms with Crippen molar-refractivity contribution in [3.05, 3.63) is 87.5 Å². The molecule has 1 aliphatic carbocycles. The average molecular weight is 680 g/mol. The van der Waals surface area contributed by atoms with Crippen molar-refractivity contribution in [1.29, 1.82) is 0 Å². The Kier molecular flexibility index (Phi) is 8.10. The van der Waals surface area contributed by atoms with E-state index in [1.165, 1.54) is 28.0 Å². The third kappa shape index (κ3) is 5.70. The number of aryl methyl sites for hydroxylation is 1. The van der Waals surface area contributed by atoms with Crippen molar-refractivity contribution >= 4 is 28.8 Å². The monoisotopic (exact) mass is 679 g/mol. The summed E-state index contributed by atoms with van der Waals surface area (Å²) in [7, 11) is 1.69. The second-order valence-electron chi connectivity index (χ2n) is 15.2. The number of carbonyl (C=O) groups is 1. The molecule has 1 amide bonds. The maximum Gasteiger partial charge on any atom is 0.274 e. The van der Waals surface area contributed by atoms with Gasteiger partial charge in [0.25, 0.3) is 11.5 Å². The molecule has 262 valence electrons. The summed E-state index contributed by atoms with van der Waals surface area (Å²) in [5.41, 5.74) is 7.33. The van der Waals surface area contributed by atoms with Gasteiger partial charge in [0.05, 0.1) is 36.8 Å². The molecule has 50 heavy (non-hydrogen) atoms. The van der Waals surface area contributed by atoms with Crippen molar-refractivity contribution in [3.63, 3.8) is 0 Å². The zero-order valence-corrected chi connectivity index (χ0v) is 29.6. The number of ether oxygens (including phenoxy) is 1. The Labute approximate surface area is 292 Å². The highest BCUT2D eigenvalue weighted by molar-refractivity contribution is 6.07. The van der Waals surface area contributed by atoms with Gasteiger partial charge in [-0.2, -0.15) is 0 Å². The first-order valence-corrected chi connectivity index (χ1v) is 17.9. The highest BCUT2D eigenvalue weighted by atomic mass is 19.1. The number of nitrogens with one attached hydrogen (secondary N) is 1. The molecule has 0 saturated carbocycles. The lowest BCUT2D eigenvalue weighted by Gasteiger charge is -2.46. The van der Waals surface area contributed by atoms with Gasteiger partial charge in [0.1, 0.15) is 23.0 Å². The largest absolute Gasteiger partial charge is 0.378 e. The van der Waals surface area contributed by atoms with Crippen LogP contribution in [0.4, 0.5) is 27.3 Å². The zero-order valence-electron chi connectivity index (χ0n) is 29.6. The summed E-state index contributed by atoms with van der Waals surface area (Å²) in [6.07, 6.45) is 6.07. The highest BCUT2D eigenvalue weighted by Gasteiger charge is 2.37. The fourth-order valence-corrected chi connectivity index (χ4v) is 8.48. The molecule has 6 heterocycles. The van der Waals surface area contributed by atoms with Crippen LogP contribution in [0.3, 0.4) is 0 Å². The first-order valence-electron chi connectivity index (χ1n) is 17.9. The standard InChI is InChI=1S/C39H46FN7O3/c1-6-30-31(15-27(40)16-33(30)47-12-11-46-34(38(47)49)14-25-17-39(3,4)18-35(25)46)26-13-32(37(48)43(5)21-26)42-36-8-7-28(19-41-36)45-10-9-44(20-24(45)2)29-22-50-23-29/h7-8,13-16,19,21,24,29H,6,9-12,17-18,20,22-23H2,1-5H3,(H,41,42)/t24-/m0/s1. The quantitative estimate of drug-likeness (QED) is 0.281. The van der Waals surface area contributed by atoms with Gasteiger partial charge in [-0.25, -0.2) is 9.37 Å². The van der Waals surface area contributed by atoms with Crippen LogP contribution in [0.5, 0.6) is 0 Å². The van der Waals surface area contributed by atoms with Crippen LogP contribution in [0.15, 0.2) is 53.6 Å². The number of benzene rings is 1. The topological polar surface area (TPSA) is 87.9 Å². The lowest BCUT2D eigenvalue weighted by Crippen LogP contribution is -2.59. The Balaban J connectivity index is 1.06. The van der Waals surface area contributed by atoms with Crippen molar-refractivity contribution in [2.75, 3.05) is 54.5 Å². The highest BCUT2D eigenvalue weighted by Crippen LogP contribution is 2.41. The van der Waals surface area contributed by atoms with E-state index < -0.39 is 5.82 Å². The summed E-state index contributed by atoms with van der Waals surface area (Å²) in [4.78, 5) is 38.6. The van der Waals surface area contributed by atoms with E-state index in [1.807, 2.05) is 31.3 Å². The van der Waals surface area contributed by atoms with Gasteiger partial charge in [-0.05, 0) is 84.7 Å². The number of carbonyl (C=O) groups excluding carboxylic acids is 1. The van der Waals surface area contributed by atoms with Gasteiger partial charge in [-0.3, -0.25) is 14.5 Å². The van der Waals surface area contributed by atoms with Gasteiger partial charge in [0, 0.05) is 63.3 Å². The van der Waals surface area contributed by atoms with Crippen LogP contribution >= 0.6 is 0 Å². The number of fused-ring (bicyclic) bond motifs is 3. The molecular weight excluding hydrogens is 633 g/mol. The van der Waals surface area contributed by atoms with Crippen LogP contribution in [-0.4, -0.2) is 76.4 Å². The summed E-state index contributed by atoms with van der Waals surface area (Å²) in [5, 5.41) is 3.23. The minimum atomic E-state index is -0.429. The van der Waals surface area contributed by atoms with E-state index in [0.29, 0.717) is 65.6 Å². The predicted octanol–water partition coefficient (Wildman–Crippen LogP) is 5.39. The van der Waals surface area contributed by atoms with E-state index in [9.17, 15) is 9.59 Å². The molecule has 2 fully saturated rings. The summed E-state index contributed by atoms with van der Waals surface area (Å²) in [6, 6.07) is 11.6. The molecule has 8 rings (SSSR count). The summed E-state index contributed by atoms with van der Waals surface area (Å²) in [6.45, 7) is 14.5. The molecule has 0 radical (unpaired) electrons. The van der Waals surface area contributed by atoms with E-state index in [2.05, 4.69) is 45.4 Å². The number of halogens is 1. The van der Waals surface area contributed by atoms with Crippen LogP contribution in [0, 0.1) is 11.2 Å². The van der Waals surface area contributed by atoms with Gasteiger partial charge >= 0.3 is 0 Å². The first-order chi connectivity index (χ1) is 24.0. The molecular formula is C39H46FN7O3. The number of hydrogen-bond acceptors (Lipinski definition) is 7. The Morgan fingerprint density at radius 2 is 1.86 bits per heavy atom. The molecule has 2 saturated heterocycles. The fourth-order valence-electron chi connectivity index (χ4n) is 8.48. The number of hydrogen-bond donors (Lipinski definition) is 1. The number of anilines is 4. The third-order valence-electron chi connectivity index (χ3n) is 11.1. The van der Waals surface area contributed by atoms with Gasteiger partial charge < -0.3 is 29.0 Å². The number of amides is 1. The molecule has 4 aliphatic rings. The lowest BCUT2D eigenvalue weighted by molar-refractivity contribution is -0.0691. The van der Waals surface area contributed by atoms with Crippen LogP contribution in [-0.2, 0) is 37.6 Å². The van der Waals surface area contributed by atoms with E-state index in [-0.39, 0.29) is 16.9 Å². The van der Waals surface area contributed by atoms with Gasteiger partial charge in [-0.1, -0.05) is 20.8 Å². The second kappa shape index (κ2) is 12.4. The van der Waals surface area contributed by atoms with Crippen LogP contribution in [0.2, 0.25) is 0 Å². The Morgan fingerprint density at radius 3 is 2.56 bits per heavy atom. The number of aromatic nitrogens is 3. The molecule has 10 nitrogen and oxygen atoms in total. The van der Waals surface area contributed by atoms with Crippen molar-refractivity contribution < 1.29 is 13.9 Å². The van der Waals surface area contributed by atoms with E-state index in [1.54, 1.807) is 24.2 Å². The predicted molar refractivity (Wildman–Crippen MR) is 194 cm³/mol. The zero-order chi connectivity index (χ0) is 34.9. The molecule has 3 aliphatic heterocycles. The second-order valence-corrected chi connectivity index (χ2v) is 15.2. The molecule has 0 bridgehead atoms. The first kappa shape index (κ1) is 32.7. The minimum absolute atomic E-state index is 0.101. The molecule has 4 aromatic rings. The van der Waals surface area contributed by atoms with Gasteiger partial charge in [-0.15, -0.1) is 0 Å². The Bertz CT molecular complexity index is 2030. The maximum atomic E-state index is 15.5. The van der Waals surface area contributed by atoms with Gasteiger partial charge in [0.15, 0.2) is 0 Å². The number of pyridine rings is 2. The van der Waals surface area contributed by atoms with Crippen molar-refractivity contribution in [3.8, 4) is 11.1 Å². The molecule has 1 N–H and O–H groups in total. The van der Waals surface area contributed by atoms with E-state index in [4.69, 9.17) is 4.74 Å². The molecule has 11 heteroatoms. The number of nitrogens with zero attached hydrogens (tertiary/aromatic N) is 6. The van der Waals surface area contributed by atoms with Crippen molar-refractivity contribution in [1.82, 2.24) is 19.0 Å². The van der Waals surface area contributed by atoms with Gasteiger partial charge in [0.2, 0.25) is 0 Å². The van der Waals surface area contributed by atoms with E-state index in [0.717, 1.165) is 56.9 Å². The maximum absolute atomic E-state index is 15.5. The molecule has 1 atom stereocenters. The lowest BCUT2D eigenvalue weighted by atomic mass is 9.90. The third-order valence-corrected chi connectivity index (χ3v) is 11.1. The van der Waals surface area contributed by atoms with Crippen molar-refractivity contribution in [2.24, 2.45) is 12.5 Å². The average Bonchev–Trinajstić information content (AvgIpc) is 3.55. The van der Waals surface area contributed by atoms with E-state index >= 15 is 4.39 Å². The van der Waals surface area contributed by atoms with Crippen LogP contribution in [0.1, 0.15) is 55.0 Å². The minimum Gasteiger partial charge on any atom is -0.378 e. The Hall–Kier alpha value is -4.48. The summed E-state index contributed by atoms with van der Waals surface area (Å²) in [5.74, 6) is 0.0203. The molecule has 0 spiro atoms. The summed E-state index contributed by atoms with van der Waals surface area (Å²) >= 11 is 0. The fraction of sp³-hybridized carbons (Fsp3) is 0.462. The molecule has 0 unspecified atom stereocenters.